The first-order valence-electron chi connectivity index (χ1n) is 14.6. The number of benzene rings is 3. The zero-order valence-electron chi connectivity index (χ0n) is 24.4. The molecular weight excluding hydrogens is 583 g/mol. The van der Waals surface area contributed by atoms with E-state index in [4.69, 9.17) is 10.5 Å². The number of phenolic OH excluding ortho intramolecular Hbond substituents is 1. The van der Waals surface area contributed by atoms with Crippen molar-refractivity contribution in [3.63, 3.8) is 0 Å². The molecule has 0 saturated heterocycles. The van der Waals surface area contributed by atoms with Crippen LogP contribution in [0.2, 0.25) is 0 Å². The van der Waals surface area contributed by atoms with Gasteiger partial charge < -0.3 is 36.2 Å². The van der Waals surface area contributed by atoms with E-state index in [9.17, 15) is 39.2 Å². The van der Waals surface area contributed by atoms with E-state index < -0.39 is 52.7 Å². The van der Waals surface area contributed by atoms with Gasteiger partial charge in [0.2, 0.25) is 11.7 Å². The maximum absolute atomic E-state index is 13.8. The van der Waals surface area contributed by atoms with E-state index in [1.807, 2.05) is 18.2 Å². The summed E-state index contributed by atoms with van der Waals surface area (Å²) in [5, 5.41) is 47.7. The number of nitrogens with two attached hydrogens (primary N) is 1. The van der Waals surface area contributed by atoms with Gasteiger partial charge in [0.1, 0.15) is 29.0 Å². The lowest BCUT2D eigenvalue weighted by Crippen LogP contribution is -2.66. The Labute approximate surface area is 258 Å². The Morgan fingerprint density at radius 2 is 1.78 bits per heavy atom. The molecule has 5 atom stereocenters. The van der Waals surface area contributed by atoms with Crippen molar-refractivity contribution >= 4 is 23.2 Å². The number of methoxy groups -OCH3 is 1. The Morgan fingerprint density at radius 1 is 1.04 bits per heavy atom. The third-order valence-electron chi connectivity index (χ3n) is 9.37. The van der Waals surface area contributed by atoms with Gasteiger partial charge in [-0.1, -0.05) is 24.3 Å². The second-order valence-electron chi connectivity index (χ2n) is 12.0. The van der Waals surface area contributed by atoms with E-state index in [0.29, 0.717) is 35.5 Å². The van der Waals surface area contributed by atoms with Gasteiger partial charge >= 0.3 is 0 Å². The lowest BCUT2D eigenvalue weighted by molar-refractivity contribution is -0.174. The molecule has 6 rings (SSSR count). The lowest BCUT2D eigenvalue weighted by atomic mass is 9.56. The highest BCUT2D eigenvalue weighted by molar-refractivity contribution is 6.24. The van der Waals surface area contributed by atoms with Crippen molar-refractivity contribution in [2.45, 2.75) is 44.1 Å². The summed E-state index contributed by atoms with van der Waals surface area (Å²) in [5.41, 5.74) is 6.00. The van der Waals surface area contributed by atoms with Crippen LogP contribution in [0.15, 0.2) is 60.2 Å². The van der Waals surface area contributed by atoms with Crippen LogP contribution in [-0.4, -0.2) is 56.7 Å². The van der Waals surface area contributed by atoms with Crippen molar-refractivity contribution < 1.29 is 43.9 Å². The van der Waals surface area contributed by atoms with Crippen molar-refractivity contribution in [3.8, 4) is 22.6 Å². The van der Waals surface area contributed by atoms with Crippen LogP contribution in [0.3, 0.4) is 0 Å². The van der Waals surface area contributed by atoms with E-state index in [2.05, 4.69) is 5.32 Å². The van der Waals surface area contributed by atoms with Crippen LogP contribution in [-0.2, 0) is 33.9 Å². The zero-order chi connectivity index (χ0) is 32.2. The molecule has 2 fully saturated rings. The Hall–Kier alpha value is -4.58. The third-order valence-corrected chi connectivity index (χ3v) is 9.37. The molecule has 1 amide bonds. The summed E-state index contributed by atoms with van der Waals surface area (Å²) in [7, 11) is 1.52. The number of aliphatic hydroxyl groups is 3. The van der Waals surface area contributed by atoms with Crippen molar-refractivity contribution in [1.29, 1.82) is 0 Å². The molecule has 11 heteroatoms. The predicted octanol–water partition coefficient (Wildman–Crippen LogP) is 2.69. The smallest absolute Gasteiger partial charge is 0.230 e. The van der Waals surface area contributed by atoms with Gasteiger partial charge in [0.15, 0.2) is 11.4 Å². The average Bonchev–Trinajstić information content (AvgIpc) is 2.99. The second kappa shape index (κ2) is 11.4. The molecule has 0 spiro atoms. The minimum atomic E-state index is -2.64. The lowest BCUT2D eigenvalue weighted by Gasteiger charge is -2.48. The highest BCUT2D eigenvalue weighted by Gasteiger charge is 2.64. The van der Waals surface area contributed by atoms with E-state index in [1.165, 1.54) is 25.3 Å². The SMILES string of the molecule is COc1ccc(CNCc2cccc(F)c2)cc1-c1ccc(O)c2c1C[C@H]1C[C@H]3CC(O)C(C(N)=O)C(=O)[C@@]3(O)C(=O)C1=C2O. The van der Waals surface area contributed by atoms with E-state index in [1.54, 1.807) is 18.2 Å². The quantitative estimate of drug-likeness (QED) is 0.218. The van der Waals surface area contributed by atoms with Gasteiger partial charge in [0.25, 0.3) is 0 Å². The van der Waals surface area contributed by atoms with Crippen LogP contribution < -0.4 is 15.8 Å². The molecule has 45 heavy (non-hydrogen) atoms. The number of aliphatic hydroxyl groups excluding tert-OH is 2. The van der Waals surface area contributed by atoms with Gasteiger partial charge in [-0.05, 0) is 77.8 Å². The molecule has 3 aromatic rings. The first kappa shape index (κ1) is 30.4. The van der Waals surface area contributed by atoms with Gasteiger partial charge in [-0.25, -0.2) is 4.39 Å². The molecule has 3 aliphatic rings. The van der Waals surface area contributed by atoms with Crippen molar-refractivity contribution in [2.24, 2.45) is 23.5 Å². The highest BCUT2D eigenvalue weighted by Crippen LogP contribution is 2.53. The van der Waals surface area contributed by atoms with Gasteiger partial charge in [0, 0.05) is 30.1 Å². The number of ether oxygens (including phenoxy) is 1. The molecule has 0 heterocycles. The number of hydrogen-bond acceptors (Lipinski definition) is 9. The average molecular weight is 617 g/mol. The topological polar surface area (TPSA) is 179 Å². The number of rotatable bonds is 7. The molecule has 3 aromatic carbocycles. The van der Waals surface area contributed by atoms with Crippen LogP contribution in [0.25, 0.3) is 16.9 Å². The summed E-state index contributed by atoms with van der Waals surface area (Å²) < 4.78 is 19.2. The van der Waals surface area contributed by atoms with Gasteiger partial charge in [-0.2, -0.15) is 0 Å². The molecule has 0 aromatic heterocycles. The standard InChI is InChI=1S/C34H33FN2O8/c1-45-26-8-5-17(15-37-14-16-3-2-4-20(35)9-16)10-22(26)21-6-7-24(38)28-23(21)12-18-11-19-13-25(39)29(33(36)43)32(42)34(19,44)31(41)27(18)30(28)40/h2-10,18-19,25,29,37-40,44H,11-15H2,1H3,(H2,36,43)/t18-,19+,25?,29?,34+/m1/s1. The largest absolute Gasteiger partial charge is 0.507 e. The number of phenols is 1. The van der Waals surface area contributed by atoms with Crippen LogP contribution in [0.1, 0.15) is 35.1 Å². The monoisotopic (exact) mass is 616 g/mol. The van der Waals surface area contributed by atoms with Crippen LogP contribution in [0.4, 0.5) is 4.39 Å². The van der Waals surface area contributed by atoms with E-state index >= 15 is 0 Å². The molecule has 234 valence electrons. The zero-order valence-corrected chi connectivity index (χ0v) is 24.4. The Bertz CT molecular complexity index is 1770. The normalized spacial score (nSPS) is 25.8. The molecule has 7 N–H and O–H groups in total. The maximum Gasteiger partial charge on any atom is 0.230 e. The van der Waals surface area contributed by atoms with E-state index in [0.717, 1.165) is 11.1 Å². The fourth-order valence-electron chi connectivity index (χ4n) is 7.25. The number of halogens is 1. The Morgan fingerprint density at radius 3 is 2.47 bits per heavy atom. The van der Waals surface area contributed by atoms with Crippen molar-refractivity contribution in [3.05, 3.63) is 88.2 Å². The van der Waals surface area contributed by atoms with Crippen molar-refractivity contribution in [2.75, 3.05) is 7.11 Å². The number of nitrogens with one attached hydrogen (secondary N) is 1. The third kappa shape index (κ3) is 4.97. The predicted molar refractivity (Wildman–Crippen MR) is 160 cm³/mol. The number of hydrogen-bond donors (Lipinski definition) is 6. The molecule has 0 aliphatic heterocycles. The molecule has 2 unspecified atom stereocenters. The molecule has 3 aliphatic carbocycles. The maximum atomic E-state index is 13.8. The summed E-state index contributed by atoms with van der Waals surface area (Å²) in [6.07, 6.45) is -1.43. The van der Waals surface area contributed by atoms with Gasteiger partial charge in [0.05, 0.1) is 18.8 Å². The molecular formula is C34H33FN2O8. The second-order valence-corrected chi connectivity index (χ2v) is 12.0. The van der Waals surface area contributed by atoms with Gasteiger partial charge in [-0.15, -0.1) is 0 Å². The Balaban J connectivity index is 1.38. The number of Topliss-reactive ketones (excluding diaryl/α,β-unsaturated/α-hetero) is 2. The summed E-state index contributed by atoms with van der Waals surface area (Å²) in [4.78, 5) is 39.0. The summed E-state index contributed by atoms with van der Waals surface area (Å²) >= 11 is 0. The fraction of sp³-hybridized carbons (Fsp3) is 0.324. The van der Waals surface area contributed by atoms with Crippen LogP contribution in [0, 0.1) is 23.6 Å². The number of carbonyl (C=O) groups excluding carboxylic acids is 3. The van der Waals surface area contributed by atoms with Crippen LogP contribution >= 0.6 is 0 Å². The number of carbonyl (C=O) groups is 3. The minimum absolute atomic E-state index is 0.000537. The molecule has 0 radical (unpaired) electrons. The first-order chi connectivity index (χ1) is 21.4. The minimum Gasteiger partial charge on any atom is -0.507 e. The fourth-order valence-corrected chi connectivity index (χ4v) is 7.25. The summed E-state index contributed by atoms with van der Waals surface area (Å²) in [6.45, 7) is 0.888. The number of fused-ring (bicyclic) bond motifs is 3. The molecule has 10 nitrogen and oxygen atoms in total. The number of amides is 1. The van der Waals surface area contributed by atoms with E-state index in [-0.39, 0.29) is 42.0 Å². The first-order valence-corrected chi connectivity index (χ1v) is 14.6. The number of primary amides is 1. The summed E-state index contributed by atoms with van der Waals surface area (Å²) in [6, 6.07) is 15.0. The Kier molecular flexibility index (Phi) is 7.72. The number of ketones is 2. The summed E-state index contributed by atoms with van der Waals surface area (Å²) in [5.74, 6) is -7.44. The highest BCUT2D eigenvalue weighted by atomic mass is 19.1. The van der Waals surface area contributed by atoms with Gasteiger partial charge in [-0.3, -0.25) is 14.4 Å². The van der Waals surface area contributed by atoms with Crippen LogP contribution in [0.5, 0.6) is 11.5 Å². The molecule has 2 saturated carbocycles. The number of aromatic hydroxyl groups is 1. The molecule has 0 bridgehead atoms. The van der Waals surface area contributed by atoms with Crippen molar-refractivity contribution in [1.82, 2.24) is 5.32 Å².